The minimum Gasteiger partial charge on any atom is -0.354 e. The summed E-state index contributed by atoms with van der Waals surface area (Å²) in [5, 5.41) is 11.0. The number of rotatable bonds is 4. The summed E-state index contributed by atoms with van der Waals surface area (Å²) < 4.78 is 20.1. The number of carbonyl (C=O) groups is 1. The maximum Gasteiger partial charge on any atom is 0.252 e. The van der Waals surface area contributed by atoms with Crippen LogP contribution in [0.2, 0.25) is 0 Å². The molecule has 0 saturated heterocycles. The molecule has 4 aromatic rings. The van der Waals surface area contributed by atoms with E-state index in [-0.39, 0.29) is 18.1 Å². The van der Waals surface area contributed by atoms with Crippen LogP contribution in [0, 0.1) is 19.7 Å². The summed E-state index contributed by atoms with van der Waals surface area (Å²) in [4.78, 5) is 20.8. The third-order valence-corrected chi connectivity index (χ3v) is 4.28. The maximum atomic E-state index is 13.4. The number of hydrogen-bond donors (Lipinski definition) is 1. The lowest BCUT2D eigenvalue weighted by molar-refractivity contribution is -0.116. The number of nitrogens with one attached hydrogen (secondary N) is 1. The molecule has 1 N–H and O–H groups in total. The zero-order valence-corrected chi connectivity index (χ0v) is 14.2. The Balaban J connectivity index is 1.51. The van der Waals surface area contributed by atoms with Gasteiger partial charge in [-0.05, 0) is 44.0 Å². The molecule has 0 radical (unpaired) electrons. The highest BCUT2D eigenvalue weighted by Crippen LogP contribution is 2.24. The van der Waals surface area contributed by atoms with Crippen molar-refractivity contribution in [1.82, 2.24) is 24.7 Å². The van der Waals surface area contributed by atoms with E-state index >= 15 is 0 Å². The zero-order valence-electron chi connectivity index (χ0n) is 14.2. The largest absolute Gasteiger partial charge is 0.354 e. The number of halogens is 1. The molecule has 1 amide bonds. The summed E-state index contributed by atoms with van der Waals surface area (Å²) in [5.74, 6) is 0.0729. The van der Waals surface area contributed by atoms with Crippen molar-refractivity contribution in [2.24, 2.45) is 0 Å². The molecule has 9 heteroatoms. The molecular formula is C17H15FN6O2. The number of aromatic nitrogens is 5. The molecule has 8 nitrogen and oxygen atoms in total. The molecule has 1 aromatic carbocycles. The van der Waals surface area contributed by atoms with Gasteiger partial charge in [-0.25, -0.2) is 13.9 Å². The Morgan fingerprint density at radius 2 is 2.19 bits per heavy atom. The molecule has 0 spiro atoms. The van der Waals surface area contributed by atoms with Crippen LogP contribution < -0.4 is 5.32 Å². The van der Waals surface area contributed by atoms with Gasteiger partial charge in [0.05, 0.1) is 5.39 Å². The first-order chi connectivity index (χ1) is 12.5. The molecule has 0 aliphatic heterocycles. The summed E-state index contributed by atoms with van der Waals surface area (Å²) in [6.07, 6.45) is 2.14. The van der Waals surface area contributed by atoms with E-state index in [1.807, 2.05) is 13.8 Å². The van der Waals surface area contributed by atoms with Crippen LogP contribution >= 0.6 is 0 Å². The third kappa shape index (κ3) is 2.77. The topological polar surface area (TPSA) is 98.2 Å². The number of carbonyl (C=O) groups excluding carboxylic acids is 1. The monoisotopic (exact) mass is 354 g/mol. The summed E-state index contributed by atoms with van der Waals surface area (Å²) in [5.41, 5.74) is 3.06. The van der Waals surface area contributed by atoms with Crippen molar-refractivity contribution in [2.45, 2.75) is 26.7 Å². The molecule has 0 saturated carbocycles. The van der Waals surface area contributed by atoms with E-state index in [4.69, 9.17) is 4.52 Å². The summed E-state index contributed by atoms with van der Waals surface area (Å²) in [7, 11) is 0. The number of anilines is 1. The third-order valence-electron chi connectivity index (χ3n) is 4.28. The summed E-state index contributed by atoms with van der Waals surface area (Å²) >= 11 is 0. The van der Waals surface area contributed by atoms with E-state index in [1.54, 1.807) is 4.52 Å². The van der Waals surface area contributed by atoms with Crippen LogP contribution in [-0.2, 0) is 11.2 Å². The van der Waals surface area contributed by atoms with Gasteiger partial charge in [0.15, 0.2) is 11.4 Å². The van der Waals surface area contributed by atoms with Crippen LogP contribution in [0.15, 0.2) is 29.0 Å². The molecule has 0 aliphatic rings. The van der Waals surface area contributed by atoms with Crippen LogP contribution in [0.5, 0.6) is 0 Å². The average molecular weight is 354 g/mol. The van der Waals surface area contributed by atoms with Crippen molar-refractivity contribution in [3.8, 4) is 0 Å². The van der Waals surface area contributed by atoms with E-state index in [9.17, 15) is 9.18 Å². The Morgan fingerprint density at radius 3 is 3.04 bits per heavy atom. The van der Waals surface area contributed by atoms with Crippen LogP contribution in [0.3, 0.4) is 0 Å². The lowest BCUT2D eigenvalue weighted by atomic mass is 10.1. The van der Waals surface area contributed by atoms with E-state index in [1.165, 1.54) is 24.5 Å². The molecule has 0 bridgehead atoms. The van der Waals surface area contributed by atoms with Crippen LogP contribution in [0.1, 0.15) is 23.4 Å². The highest BCUT2D eigenvalue weighted by Gasteiger charge is 2.15. The molecule has 0 fully saturated rings. The molecule has 0 atom stereocenters. The minimum absolute atomic E-state index is 0.211. The molecular weight excluding hydrogens is 339 g/mol. The molecule has 0 aliphatic carbocycles. The Bertz CT molecular complexity index is 1130. The zero-order chi connectivity index (χ0) is 18.3. The molecule has 4 rings (SSSR count). The number of nitrogens with zero attached hydrogens (tertiary/aromatic N) is 5. The number of benzene rings is 1. The van der Waals surface area contributed by atoms with Crippen LogP contribution in [-0.4, -0.2) is 30.6 Å². The number of aryl methyl sites for hydroxylation is 2. The molecule has 3 aromatic heterocycles. The Hall–Kier alpha value is -3.36. The van der Waals surface area contributed by atoms with Gasteiger partial charge in [0.1, 0.15) is 12.1 Å². The van der Waals surface area contributed by atoms with Gasteiger partial charge in [-0.1, -0.05) is 5.16 Å². The second-order valence-electron chi connectivity index (χ2n) is 5.95. The molecule has 3 heterocycles. The SMILES string of the molecule is Cc1nc2ncnn2c(C)c1CCC(=O)Nc1noc2ccc(F)cc12. The van der Waals surface area contributed by atoms with E-state index in [0.29, 0.717) is 23.2 Å². The van der Waals surface area contributed by atoms with Gasteiger partial charge in [-0.15, -0.1) is 0 Å². The smallest absolute Gasteiger partial charge is 0.252 e. The van der Waals surface area contributed by atoms with E-state index in [0.717, 1.165) is 17.0 Å². The van der Waals surface area contributed by atoms with Gasteiger partial charge in [0, 0.05) is 17.8 Å². The van der Waals surface area contributed by atoms with Gasteiger partial charge in [0.25, 0.3) is 5.78 Å². The van der Waals surface area contributed by atoms with Crippen molar-refractivity contribution >= 4 is 28.5 Å². The molecule has 0 unspecified atom stereocenters. The first-order valence-corrected chi connectivity index (χ1v) is 8.03. The fourth-order valence-corrected chi connectivity index (χ4v) is 2.95. The highest BCUT2D eigenvalue weighted by molar-refractivity contribution is 5.98. The number of amides is 1. The predicted molar refractivity (Wildman–Crippen MR) is 91.2 cm³/mol. The fraction of sp³-hybridized carbons (Fsp3) is 0.235. The number of fused-ring (bicyclic) bond motifs is 2. The van der Waals surface area contributed by atoms with Crippen molar-refractivity contribution in [1.29, 1.82) is 0 Å². The maximum absolute atomic E-state index is 13.4. The van der Waals surface area contributed by atoms with Gasteiger partial charge in [0.2, 0.25) is 5.91 Å². The van der Waals surface area contributed by atoms with Gasteiger partial charge in [-0.2, -0.15) is 10.1 Å². The lowest BCUT2D eigenvalue weighted by Gasteiger charge is -2.10. The average Bonchev–Trinajstić information content (AvgIpc) is 3.22. The van der Waals surface area contributed by atoms with E-state index < -0.39 is 5.82 Å². The van der Waals surface area contributed by atoms with Crippen molar-refractivity contribution < 1.29 is 13.7 Å². The molecule has 26 heavy (non-hydrogen) atoms. The normalized spacial score (nSPS) is 11.3. The fourth-order valence-electron chi connectivity index (χ4n) is 2.95. The highest BCUT2D eigenvalue weighted by atomic mass is 19.1. The Kier molecular flexibility index (Phi) is 3.83. The summed E-state index contributed by atoms with van der Waals surface area (Å²) in [6.45, 7) is 3.79. The second-order valence-corrected chi connectivity index (χ2v) is 5.95. The first-order valence-electron chi connectivity index (χ1n) is 8.03. The van der Waals surface area contributed by atoms with Crippen LogP contribution in [0.25, 0.3) is 16.7 Å². The van der Waals surface area contributed by atoms with Crippen molar-refractivity contribution in [3.05, 3.63) is 47.3 Å². The van der Waals surface area contributed by atoms with E-state index in [2.05, 4.69) is 25.5 Å². The van der Waals surface area contributed by atoms with Crippen molar-refractivity contribution in [2.75, 3.05) is 5.32 Å². The quantitative estimate of drug-likeness (QED) is 0.605. The minimum atomic E-state index is -0.422. The second kappa shape index (κ2) is 6.17. The van der Waals surface area contributed by atoms with Gasteiger partial charge >= 0.3 is 0 Å². The Morgan fingerprint density at radius 1 is 1.35 bits per heavy atom. The van der Waals surface area contributed by atoms with Crippen molar-refractivity contribution in [3.63, 3.8) is 0 Å². The standard InChI is InChI=1S/C17H15FN6O2/c1-9-12(10(2)24-17(21-9)19-8-20-24)4-6-15(25)22-16-13-7-11(18)3-5-14(13)26-23-16/h3,5,7-8H,4,6H2,1-2H3,(H,22,23,25). The predicted octanol–water partition coefficient (Wildman–Crippen LogP) is 2.59. The lowest BCUT2D eigenvalue weighted by Crippen LogP contribution is -2.14. The summed E-state index contributed by atoms with van der Waals surface area (Å²) in [6, 6.07) is 4.02. The van der Waals surface area contributed by atoms with Crippen LogP contribution in [0.4, 0.5) is 10.2 Å². The first kappa shape index (κ1) is 16.1. The Labute approximate surface area is 147 Å². The number of hydrogen-bond acceptors (Lipinski definition) is 6. The van der Waals surface area contributed by atoms with Gasteiger partial charge < -0.3 is 9.84 Å². The van der Waals surface area contributed by atoms with Gasteiger partial charge in [-0.3, -0.25) is 4.79 Å². The molecule has 132 valence electrons.